The molecule has 0 spiro atoms. The van der Waals surface area contributed by atoms with E-state index >= 15 is 0 Å². The molecule has 0 atom stereocenters. The van der Waals surface area contributed by atoms with Crippen LogP contribution in [0.5, 0.6) is 0 Å². The van der Waals surface area contributed by atoms with E-state index in [1.165, 1.54) is 16.8 Å². The number of rotatable bonds is 5. The summed E-state index contributed by atoms with van der Waals surface area (Å²) in [5.41, 5.74) is 7.22. The molecule has 0 aromatic carbocycles. The van der Waals surface area contributed by atoms with Crippen molar-refractivity contribution in [3.8, 4) is 0 Å². The second-order valence-corrected chi connectivity index (χ2v) is 10.2. The van der Waals surface area contributed by atoms with Crippen molar-refractivity contribution in [2.24, 2.45) is 0 Å². The Morgan fingerprint density at radius 3 is 1.18 bits per heavy atom. The zero-order valence-corrected chi connectivity index (χ0v) is 29.2. The Morgan fingerprint density at radius 2 is 0.875 bits per heavy atom. The van der Waals surface area contributed by atoms with Gasteiger partial charge in [-0.05, 0) is 53.7 Å². The van der Waals surface area contributed by atoms with Crippen LogP contribution in [0.3, 0.4) is 0 Å². The van der Waals surface area contributed by atoms with Gasteiger partial charge in [-0.1, -0.05) is 117 Å². The fraction of sp³-hybridized carbons (Fsp3) is 0.629. The van der Waals surface area contributed by atoms with Crippen LogP contribution in [0.4, 0.5) is 0 Å². The highest BCUT2D eigenvalue weighted by molar-refractivity contribution is 5.25. The van der Waals surface area contributed by atoms with E-state index in [2.05, 4.69) is 100 Å². The Bertz CT molecular complexity index is 869. The van der Waals surface area contributed by atoms with Gasteiger partial charge in [0.1, 0.15) is 6.33 Å². The third kappa shape index (κ3) is 16.4. The first-order chi connectivity index (χ1) is 19.0. The Labute approximate surface area is 249 Å². The Hall–Kier alpha value is -2.69. The van der Waals surface area contributed by atoms with Crippen LogP contribution < -0.4 is 0 Å². The number of pyridine rings is 1. The van der Waals surface area contributed by atoms with Crippen molar-refractivity contribution in [1.29, 1.82) is 0 Å². The normalized spacial score (nSPS) is 9.75. The molecule has 0 fully saturated rings. The average Bonchev–Trinajstić information content (AvgIpc) is 2.97. The van der Waals surface area contributed by atoms with Gasteiger partial charge in [-0.15, -0.1) is 0 Å². The van der Waals surface area contributed by atoms with Crippen LogP contribution in [0, 0.1) is 6.92 Å². The molecular weight excluding hydrogens is 490 g/mol. The first-order valence-electron chi connectivity index (χ1n) is 15.5. The average molecular weight is 554 g/mol. The first-order valence-corrected chi connectivity index (χ1v) is 15.5. The number of hydrogen-bond donors (Lipinski definition) is 0. The molecule has 228 valence electrons. The highest BCUT2D eigenvalue weighted by Crippen LogP contribution is 2.23. The van der Waals surface area contributed by atoms with Crippen molar-refractivity contribution in [2.45, 2.75) is 147 Å². The summed E-state index contributed by atoms with van der Waals surface area (Å²) in [5, 5.41) is 0. The fourth-order valence-electron chi connectivity index (χ4n) is 3.66. The maximum absolute atomic E-state index is 4.40. The zero-order valence-electron chi connectivity index (χ0n) is 29.2. The molecule has 0 saturated heterocycles. The summed E-state index contributed by atoms with van der Waals surface area (Å²) < 4.78 is 0. The molecule has 0 N–H and O–H groups in total. The van der Waals surface area contributed by atoms with Gasteiger partial charge in [0.05, 0.1) is 11.4 Å². The molecule has 0 bridgehead atoms. The van der Waals surface area contributed by atoms with E-state index in [0.717, 1.165) is 17.1 Å². The number of hydrogen-bond acceptors (Lipinski definition) is 5. The topological polar surface area (TPSA) is 64.5 Å². The standard InChI is InChI=1S/C11H17N.C10H16N2.C8H12N2.3C2H6/c1-8(2)10-6-5-7-12-11(10)9(3)4;1-7(2)9-10(8(3)4)12-6-5-11-9;1-6(2)8-7(3)4-9-5-10-8;3*1-2/h5-9H,1-4H3;5-8H,1-4H3;4-6H,1-3H3;3*1-2H3. The van der Waals surface area contributed by atoms with Crippen LogP contribution in [0.1, 0.15) is 174 Å². The van der Waals surface area contributed by atoms with Crippen LogP contribution in [0.15, 0.2) is 43.2 Å². The molecule has 0 amide bonds. The molecule has 0 radical (unpaired) electrons. The summed E-state index contributed by atoms with van der Waals surface area (Å²) in [6, 6.07) is 4.19. The minimum Gasteiger partial charge on any atom is -0.261 e. The summed E-state index contributed by atoms with van der Waals surface area (Å²) in [7, 11) is 0. The van der Waals surface area contributed by atoms with E-state index in [1.807, 2.05) is 66.9 Å². The third-order valence-corrected chi connectivity index (χ3v) is 5.37. The Balaban J connectivity index is -0.000000470. The summed E-state index contributed by atoms with van der Waals surface area (Å²) in [6.07, 6.45) is 8.86. The van der Waals surface area contributed by atoms with Crippen molar-refractivity contribution in [3.05, 3.63) is 77.2 Å². The number of aryl methyl sites for hydroxylation is 1. The fourth-order valence-corrected chi connectivity index (χ4v) is 3.66. The van der Waals surface area contributed by atoms with Gasteiger partial charge in [-0.2, -0.15) is 0 Å². The molecule has 0 aliphatic heterocycles. The first kappa shape index (κ1) is 41.8. The lowest BCUT2D eigenvalue weighted by atomic mass is 9.96. The van der Waals surface area contributed by atoms with E-state index < -0.39 is 0 Å². The van der Waals surface area contributed by atoms with Crippen molar-refractivity contribution < 1.29 is 0 Å². The summed E-state index contributed by atoms with van der Waals surface area (Å²) in [6.45, 7) is 35.7. The van der Waals surface area contributed by atoms with E-state index in [9.17, 15) is 0 Å². The second-order valence-electron chi connectivity index (χ2n) is 10.2. The third-order valence-electron chi connectivity index (χ3n) is 5.37. The maximum Gasteiger partial charge on any atom is 0.115 e. The van der Waals surface area contributed by atoms with Crippen LogP contribution >= 0.6 is 0 Å². The van der Waals surface area contributed by atoms with Crippen LogP contribution in [-0.4, -0.2) is 24.9 Å². The number of aromatic nitrogens is 5. The van der Waals surface area contributed by atoms with Crippen molar-refractivity contribution in [2.75, 3.05) is 0 Å². The highest BCUT2D eigenvalue weighted by atomic mass is 14.8. The molecule has 5 heteroatoms. The summed E-state index contributed by atoms with van der Waals surface area (Å²) in [4.78, 5) is 21.2. The highest BCUT2D eigenvalue weighted by Gasteiger charge is 2.11. The van der Waals surface area contributed by atoms with Gasteiger partial charge in [-0.25, -0.2) is 9.97 Å². The summed E-state index contributed by atoms with van der Waals surface area (Å²) in [5.74, 6) is 2.55. The Morgan fingerprint density at radius 1 is 0.475 bits per heavy atom. The summed E-state index contributed by atoms with van der Waals surface area (Å²) >= 11 is 0. The minimum atomic E-state index is 0.469. The van der Waals surface area contributed by atoms with Gasteiger partial charge in [-0.3, -0.25) is 15.0 Å². The molecule has 5 nitrogen and oxygen atoms in total. The van der Waals surface area contributed by atoms with Gasteiger partial charge in [0.25, 0.3) is 0 Å². The smallest absolute Gasteiger partial charge is 0.115 e. The lowest BCUT2D eigenvalue weighted by Crippen LogP contribution is -2.03. The molecule has 3 heterocycles. The molecule has 3 rings (SSSR count). The molecule has 0 aliphatic rings. The second kappa shape index (κ2) is 25.3. The molecule has 0 aliphatic carbocycles. The van der Waals surface area contributed by atoms with Crippen molar-refractivity contribution >= 4 is 0 Å². The molecule has 3 aromatic heterocycles. The van der Waals surface area contributed by atoms with Crippen LogP contribution in [0.2, 0.25) is 0 Å². The predicted molar refractivity (Wildman–Crippen MR) is 178 cm³/mol. The minimum absolute atomic E-state index is 0.469. The van der Waals surface area contributed by atoms with E-state index in [4.69, 9.17) is 0 Å². The van der Waals surface area contributed by atoms with Gasteiger partial charge in [0.2, 0.25) is 0 Å². The molecular formula is C35H63N5. The van der Waals surface area contributed by atoms with E-state index in [0.29, 0.717) is 29.6 Å². The predicted octanol–water partition coefficient (Wildman–Crippen LogP) is 11.0. The quantitative estimate of drug-likeness (QED) is 0.314. The lowest BCUT2D eigenvalue weighted by molar-refractivity contribution is 0.726. The van der Waals surface area contributed by atoms with Crippen LogP contribution in [-0.2, 0) is 0 Å². The van der Waals surface area contributed by atoms with Crippen molar-refractivity contribution in [1.82, 2.24) is 24.9 Å². The van der Waals surface area contributed by atoms with E-state index in [-0.39, 0.29) is 0 Å². The molecule has 40 heavy (non-hydrogen) atoms. The van der Waals surface area contributed by atoms with Gasteiger partial charge >= 0.3 is 0 Å². The molecule has 0 saturated carbocycles. The SMILES string of the molecule is CC.CC.CC.CC(C)c1cccnc1C(C)C.CC(C)c1nccnc1C(C)C.Cc1cncnc1C(C)C. The molecule has 0 unspecified atom stereocenters. The van der Waals surface area contributed by atoms with E-state index in [1.54, 1.807) is 18.7 Å². The largest absolute Gasteiger partial charge is 0.261 e. The number of nitrogens with zero attached hydrogens (tertiary/aromatic N) is 5. The monoisotopic (exact) mass is 554 g/mol. The van der Waals surface area contributed by atoms with Gasteiger partial charge in [0.15, 0.2) is 0 Å². The zero-order chi connectivity index (χ0) is 31.8. The van der Waals surface area contributed by atoms with Gasteiger partial charge < -0.3 is 0 Å². The maximum atomic E-state index is 4.40. The Kier molecular flexibility index (Phi) is 26.4. The lowest BCUT2D eigenvalue weighted by Gasteiger charge is -2.13. The van der Waals surface area contributed by atoms with Crippen molar-refractivity contribution in [3.63, 3.8) is 0 Å². The van der Waals surface area contributed by atoms with Gasteiger partial charge in [0, 0.05) is 36.2 Å². The molecule has 3 aromatic rings. The van der Waals surface area contributed by atoms with Crippen LogP contribution in [0.25, 0.3) is 0 Å².